The third-order valence-corrected chi connectivity index (χ3v) is 5.79. The van der Waals surface area contributed by atoms with E-state index in [9.17, 15) is 4.79 Å². The van der Waals surface area contributed by atoms with Gasteiger partial charge in [0.05, 0.1) is 5.39 Å². The Hall–Kier alpha value is -2.41. The molecular weight excluding hydrogens is 342 g/mol. The van der Waals surface area contributed by atoms with Gasteiger partial charge in [-0.05, 0) is 44.2 Å². The minimum Gasteiger partial charge on any atom is -0.381 e. The number of amides is 1. The summed E-state index contributed by atoms with van der Waals surface area (Å²) in [6.07, 6.45) is 7.16. The maximum absolute atomic E-state index is 12.2. The van der Waals surface area contributed by atoms with Gasteiger partial charge in [-0.1, -0.05) is 6.58 Å². The molecule has 0 radical (unpaired) electrons. The minimum absolute atomic E-state index is 0.00739. The second-order valence-corrected chi connectivity index (χ2v) is 7.60. The monoisotopic (exact) mass is 369 g/mol. The van der Waals surface area contributed by atoms with Crippen LogP contribution in [-0.2, 0) is 9.53 Å². The first-order valence-electron chi connectivity index (χ1n) is 9.69. The standard InChI is InChI=1S/C20H27N5O2/c1-4-17(26)25-13(2)10-24(11-14(25)3)20-18-16(15-5-7-27-8-6-15)9-21-19(18)22-12-23-20/h4,9,12-15H,1,5-8,10-11H2,2-3H3,(H,21,22,23)/t13-,14+. The van der Waals surface area contributed by atoms with Crippen LogP contribution in [0.1, 0.15) is 38.2 Å². The molecule has 27 heavy (non-hydrogen) atoms. The molecule has 0 spiro atoms. The smallest absolute Gasteiger partial charge is 0.246 e. The number of aromatic amines is 1. The Morgan fingerprint density at radius 1 is 1.26 bits per heavy atom. The van der Waals surface area contributed by atoms with Crippen molar-refractivity contribution in [2.75, 3.05) is 31.2 Å². The van der Waals surface area contributed by atoms with E-state index in [0.717, 1.165) is 56.0 Å². The Bertz CT molecular complexity index is 830. The van der Waals surface area contributed by atoms with Gasteiger partial charge in [0.15, 0.2) is 0 Å². The lowest BCUT2D eigenvalue weighted by Gasteiger charge is -2.44. The van der Waals surface area contributed by atoms with Gasteiger partial charge in [0.2, 0.25) is 5.91 Å². The summed E-state index contributed by atoms with van der Waals surface area (Å²) in [7, 11) is 0. The number of hydrogen-bond acceptors (Lipinski definition) is 5. The molecule has 2 fully saturated rings. The number of ether oxygens (including phenoxy) is 1. The normalized spacial score (nSPS) is 24.4. The first-order chi connectivity index (χ1) is 13.1. The highest BCUT2D eigenvalue weighted by Gasteiger charge is 2.34. The van der Waals surface area contributed by atoms with E-state index in [4.69, 9.17) is 4.74 Å². The number of carbonyl (C=O) groups excluding carboxylic acids is 1. The Morgan fingerprint density at radius 2 is 1.96 bits per heavy atom. The molecule has 2 saturated heterocycles. The van der Waals surface area contributed by atoms with E-state index in [1.807, 2.05) is 4.90 Å². The Morgan fingerprint density at radius 3 is 2.63 bits per heavy atom. The Labute approximate surface area is 159 Å². The molecule has 0 saturated carbocycles. The maximum atomic E-state index is 12.2. The first-order valence-corrected chi connectivity index (χ1v) is 9.69. The lowest BCUT2D eigenvalue weighted by atomic mass is 9.91. The van der Waals surface area contributed by atoms with Crippen molar-refractivity contribution < 1.29 is 9.53 Å². The van der Waals surface area contributed by atoms with Crippen molar-refractivity contribution in [2.24, 2.45) is 0 Å². The fourth-order valence-electron chi connectivity index (χ4n) is 4.58. The zero-order valence-corrected chi connectivity index (χ0v) is 16.0. The quantitative estimate of drug-likeness (QED) is 0.842. The molecule has 2 aliphatic rings. The van der Waals surface area contributed by atoms with Gasteiger partial charge >= 0.3 is 0 Å². The highest BCUT2D eigenvalue weighted by molar-refractivity contribution is 5.92. The molecule has 0 aromatic carbocycles. The van der Waals surface area contributed by atoms with E-state index in [1.165, 1.54) is 11.6 Å². The van der Waals surface area contributed by atoms with Crippen molar-refractivity contribution in [3.8, 4) is 0 Å². The molecular formula is C20H27N5O2. The summed E-state index contributed by atoms with van der Waals surface area (Å²) >= 11 is 0. The molecule has 7 heteroatoms. The number of nitrogens with one attached hydrogen (secondary N) is 1. The molecule has 2 atom stereocenters. The molecule has 7 nitrogen and oxygen atoms in total. The lowest BCUT2D eigenvalue weighted by molar-refractivity contribution is -0.130. The molecule has 0 aliphatic carbocycles. The van der Waals surface area contributed by atoms with Gasteiger partial charge in [-0.3, -0.25) is 4.79 Å². The van der Waals surface area contributed by atoms with E-state index in [0.29, 0.717) is 5.92 Å². The van der Waals surface area contributed by atoms with Gasteiger partial charge < -0.3 is 19.5 Å². The molecule has 2 aliphatic heterocycles. The molecule has 1 N–H and O–H groups in total. The van der Waals surface area contributed by atoms with E-state index >= 15 is 0 Å². The largest absolute Gasteiger partial charge is 0.381 e. The minimum atomic E-state index is -0.00739. The summed E-state index contributed by atoms with van der Waals surface area (Å²) < 4.78 is 5.53. The van der Waals surface area contributed by atoms with Gasteiger partial charge in [0.25, 0.3) is 0 Å². The van der Waals surface area contributed by atoms with Crippen LogP contribution in [0.4, 0.5) is 5.82 Å². The maximum Gasteiger partial charge on any atom is 0.246 e. The van der Waals surface area contributed by atoms with Gasteiger partial charge in [-0.25, -0.2) is 9.97 Å². The van der Waals surface area contributed by atoms with Crippen molar-refractivity contribution in [2.45, 2.75) is 44.7 Å². The third kappa shape index (κ3) is 3.20. The molecule has 4 heterocycles. The van der Waals surface area contributed by atoms with E-state index in [2.05, 4.69) is 46.5 Å². The first kappa shape index (κ1) is 18.0. The van der Waals surface area contributed by atoms with Gasteiger partial charge in [-0.15, -0.1) is 0 Å². The summed E-state index contributed by atoms with van der Waals surface area (Å²) in [4.78, 5) is 28.8. The molecule has 1 amide bonds. The Balaban J connectivity index is 1.69. The summed E-state index contributed by atoms with van der Waals surface area (Å²) in [5, 5.41) is 1.12. The van der Waals surface area contributed by atoms with Gasteiger partial charge in [0.1, 0.15) is 17.8 Å². The van der Waals surface area contributed by atoms with E-state index in [-0.39, 0.29) is 18.0 Å². The number of fused-ring (bicyclic) bond motifs is 1. The van der Waals surface area contributed by atoms with Gasteiger partial charge in [0, 0.05) is 44.6 Å². The third-order valence-electron chi connectivity index (χ3n) is 5.79. The molecule has 0 bridgehead atoms. The van der Waals surface area contributed by atoms with Crippen LogP contribution in [0.25, 0.3) is 11.0 Å². The topological polar surface area (TPSA) is 74.4 Å². The van der Waals surface area contributed by atoms with E-state index in [1.54, 1.807) is 6.33 Å². The average molecular weight is 369 g/mol. The SMILES string of the molecule is C=CC(=O)N1[C@H](C)CN(c2ncnc3[nH]cc(C4CCOCC4)c23)C[C@@H]1C. The Kier molecular flexibility index (Phi) is 4.86. The number of rotatable bonds is 3. The van der Waals surface area contributed by atoms with Crippen LogP contribution in [0.2, 0.25) is 0 Å². The number of aromatic nitrogens is 3. The van der Waals surface area contributed by atoms with Crippen LogP contribution in [0.5, 0.6) is 0 Å². The van der Waals surface area contributed by atoms with Crippen LogP contribution in [0, 0.1) is 0 Å². The van der Waals surface area contributed by atoms with Crippen LogP contribution in [-0.4, -0.2) is 64.1 Å². The van der Waals surface area contributed by atoms with Crippen molar-refractivity contribution in [3.05, 3.63) is 30.7 Å². The fraction of sp³-hybridized carbons (Fsp3) is 0.550. The number of nitrogens with zero attached hydrogens (tertiary/aromatic N) is 4. The summed E-state index contributed by atoms with van der Waals surface area (Å²) in [6.45, 7) is 10.9. The number of anilines is 1. The average Bonchev–Trinajstić information content (AvgIpc) is 3.12. The molecule has 144 valence electrons. The number of hydrogen-bond donors (Lipinski definition) is 1. The predicted octanol–water partition coefficient (Wildman–Crippen LogP) is 2.46. The highest BCUT2D eigenvalue weighted by Crippen LogP contribution is 2.36. The van der Waals surface area contributed by atoms with Crippen molar-refractivity contribution in [1.82, 2.24) is 19.9 Å². The number of H-pyrrole nitrogens is 1. The molecule has 2 aromatic rings. The summed E-state index contributed by atoms with van der Waals surface area (Å²) in [5.41, 5.74) is 2.17. The fourth-order valence-corrected chi connectivity index (χ4v) is 4.58. The second kappa shape index (κ2) is 7.31. The van der Waals surface area contributed by atoms with Crippen molar-refractivity contribution >= 4 is 22.8 Å². The lowest BCUT2D eigenvalue weighted by Crippen LogP contribution is -2.58. The predicted molar refractivity (Wildman–Crippen MR) is 105 cm³/mol. The number of piperazine rings is 1. The zero-order valence-electron chi connectivity index (χ0n) is 16.0. The van der Waals surface area contributed by atoms with Crippen molar-refractivity contribution in [1.29, 1.82) is 0 Å². The van der Waals surface area contributed by atoms with Gasteiger partial charge in [-0.2, -0.15) is 0 Å². The van der Waals surface area contributed by atoms with Crippen LogP contribution >= 0.6 is 0 Å². The molecule has 2 aromatic heterocycles. The summed E-state index contributed by atoms with van der Waals surface area (Å²) in [5.74, 6) is 1.43. The highest BCUT2D eigenvalue weighted by atomic mass is 16.5. The van der Waals surface area contributed by atoms with Crippen LogP contribution in [0.15, 0.2) is 25.2 Å². The second-order valence-electron chi connectivity index (χ2n) is 7.60. The number of carbonyl (C=O) groups is 1. The van der Waals surface area contributed by atoms with E-state index < -0.39 is 0 Å². The van der Waals surface area contributed by atoms with Crippen LogP contribution in [0.3, 0.4) is 0 Å². The molecule has 0 unspecified atom stereocenters. The van der Waals surface area contributed by atoms with Crippen LogP contribution < -0.4 is 4.90 Å². The van der Waals surface area contributed by atoms with Crippen molar-refractivity contribution in [3.63, 3.8) is 0 Å². The zero-order chi connectivity index (χ0) is 19.0. The molecule has 4 rings (SSSR count). The summed E-state index contributed by atoms with van der Waals surface area (Å²) in [6, 6.07) is 0.185.